The van der Waals surface area contributed by atoms with Gasteiger partial charge in [-0.15, -0.1) is 0 Å². The molecule has 1 heterocycles. The molecule has 0 bridgehead atoms. The highest BCUT2D eigenvalue weighted by Gasteiger charge is 2.34. The van der Waals surface area contributed by atoms with Gasteiger partial charge in [0, 0.05) is 19.0 Å². The molecule has 2 aromatic carbocycles. The molecule has 0 saturated carbocycles. The number of aromatic nitrogens is 1. The van der Waals surface area contributed by atoms with Crippen molar-refractivity contribution in [1.29, 1.82) is 5.41 Å². The predicted octanol–water partition coefficient (Wildman–Crippen LogP) is 4.57. The highest BCUT2D eigenvalue weighted by Crippen LogP contribution is 2.39. The van der Waals surface area contributed by atoms with Crippen LogP contribution in [0, 0.1) is 5.41 Å². The number of H-pyrrole nitrogens is 1. The van der Waals surface area contributed by atoms with E-state index < -0.39 is 23.6 Å². The van der Waals surface area contributed by atoms with Gasteiger partial charge >= 0.3 is 6.18 Å². The number of nitrogens with one attached hydrogen (secondary N) is 2. The Morgan fingerprint density at radius 1 is 1.12 bits per heavy atom. The number of fused-ring (bicyclic) bond motifs is 1. The molecule has 3 rings (SSSR count). The van der Waals surface area contributed by atoms with Crippen molar-refractivity contribution >= 4 is 22.8 Å². The molecular weight excluding hydrogens is 447 g/mol. The lowest BCUT2D eigenvalue weighted by Crippen LogP contribution is -2.38. The number of hydrogen-bond acceptors (Lipinski definition) is 4. The zero-order valence-electron chi connectivity index (χ0n) is 19.3. The summed E-state index contributed by atoms with van der Waals surface area (Å²) in [4.78, 5) is 18.4. The second-order valence-corrected chi connectivity index (χ2v) is 7.90. The molecule has 1 aromatic heterocycles. The van der Waals surface area contributed by atoms with E-state index in [9.17, 15) is 18.0 Å². The minimum atomic E-state index is -4.62. The van der Waals surface area contributed by atoms with Gasteiger partial charge < -0.3 is 15.5 Å². The molecule has 182 valence electrons. The maximum absolute atomic E-state index is 13.6. The summed E-state index contributed by atoms with van der Waals surface area (Å²) in [6, 6.07) is 11.1. The summed E-state index contributed by atoms with van der Waals surface area (Å²) >= 11 is 0. The van der Waals surface area contributed by atoms with Crippen LogP contribution < -0.4 is 10.5 Å². The van der Waals surface area contributed by atoms with Crippen LogP contribution in [0.4, 0.5) is 13.2 Å². The number of carbonyl (C=O) groups excluding carboxylic acids is 1. The maximum Gasteiger partial charge on any atom is 0.417 e. The summed E-state index contributed by atoms with van der Waals surface area (Å²) in [5.74, 6) is -1.07. The Bertz CT molecular complexity index is 1190. The second-order valence-electron chi connectivity index (χ2n) is 7.90. The van der Waals surface area contributed by atoms with Crippen molar-refractivity contribution in [3.05, 3.63) is 64.8 Å². The lowest BCUT2D eigenvalue weighted by atomic mass is 10.1. The van der Waals surface area contributed by atoms with E-state index in [2.05, 4.69) is 23.7 Å². The smallest absolute Gasteiger partial charge is 0.417 e. The normalized spacial score (nSPS) is 11.7. The van der Waals surface area contributed by atoms with E-state index in [1.54, 1.807) is 0 Å². The number of nitrogens with zero attached hydrogens (tertiary/aromatic N) is 2. The van der Waals surface area contributed by atoms with Crippen LogP contribution in [-0.4, -0.2) is 46.8 Å². The number of halogens is 3. The van der Waals surface area contributed by atoms with Crippen molar-refractivity contribution < 1.29 is 22.7 Å². The Morgan fingerprint density at radius 3 is 2.41 bits per heavy atom. The van der Waals surface area contributed by atoms with Crippen molar-refractivity contribution in [1.82, 2.24) is 14.8 Å². The summed E-state index contributed by atoms with van der Waals surface area (Å²) in [5, 5.41) is 7.21. The molecule has 7 nitrogen and oxygen atoms in total. The van der Waals surface area contributed by atoms with E-state index in [-0.39, 0.29) is 29.0 Å². The topological polar surface area (TPSA) is 98.4 Å². The summed E-state index contributed by atoms with van der Waals surface area (Å²) in [5.41, 5.74) is 6.35. The number of alkyl halides is 3. The van der Waals surface area contributed by atoms with Crippen molar-refractivity contribution in [2.75, 3.05) is 20.1 Å². The fourth-order valence-corrected chi connectivity index (χ4v) is 3.65. The molecule has 0 spiro atoms. The first-order valence-corrected chi connectivity index (χ1v) is 10.8. The molecule has 0 aliphatic carbocycles. The van der Waals surface area contributed by atoms with Gasteiger partial charge in [0.2, 0.25) is 0 Å². The van der Waals surface area contributed by atoms with Crippen LogP contribution in [0.2, 0.25) is 0 Å². The first-order chi connectivity index (χ1) is 16.0. The number of rotatable bonds is 8. The number of ether oxygens (including phenoxy) is 1. The first kappa shape index (κ1) is 25.1. The third-order valence-corrected chi connectivity index (χ3v) is 5.64. The lowest BCUT2D eigenvalue weighted by Gasteiger charge is -2.18. The molecule has 0 saturated heterocycles. The Kier molecular flexibility index (Phi) is 7.51. The third kappa shape index (κ3) is 5.51. The summed E-state index contributed by atoms with van der Waals surface area (Å²) in [6.07, 6.45) is -4.62. The van der Waals surface area contributed by atoms with E-state index in [4.69, 9.17) is 15.9 Å². The zero-order chi connectivity index (χ0) is 25.0. The number of amides is 1. The van der Waals surface area contributed by atoms with Crippen molar-refractivity contribution in [2.45, 2.75) is 33.2 Å². The third-order valence-electron chi connectivity index (χ3n) is 5.64. The van der Waals surface area contributed by atoms with Gasteiger partial charge in [0.15, 0.2) is 5.96 Å². The average Bonchev–Trinajstić information content (AvgIpc) is 3.24. The Balaban J connectivity index is 1.92. The summed E-state index contributed by atoms with van der Waals surface area (Å²) < 4.78 is 46.7. The monoisotopic (exact) mass is 475 g/mol. The van der Waals surface area contributed by atoms with E-state index in [0.717, 1.165) is 47.8 Å². The van der Waals surface area contributed by atoms with Gasteiger partial charge in [0.05, 0.1) is 11.1 Å². The van der Waals surface area contributed by atoms with Crippen LogP contribution in [0.5, 0.6) is 5.75 Å². The van der Waals surface area contributed by atoms with E-state index in [0.29, 0.717) is 0 Å². The zero-order valence-corrected chi connectivity index (χ0v) is 19.3. The van der Waals surface area contributed by atoms with E-state index >= 15 is 0 Å². The molecule has 1 amide bonds. The molecule has 0 aliphatic heterocycles. The average molecular weight is 476 g/mol. The fourth-order valence-electron chi connectivity index (χ4n) is 3.65. The molecule has 0 atom stereocenters. The minimum Gasteiger partial charge on any atom is -0.487 e. The Hall–Kier alpha value is -3.53. The largest absolute Gasteiger partial charge is 0.487 e. The Morgan fingerprint density at radius 2 is 1.79 bits per heavy atom. The highest BCUT2D eigenvalue weighted by atomic mass is 19.4. The molecule has 0 radical (unpaired) electrons. The standard InChI is InChI=1S/C24H28F3N5O2/c1-4-32(5-2)13-15-7-6-8-16(11-15)14-34-20-10-9-18(24(25,26)27)17-12-19(30-21(17)20)22(33)31(3)23(28)29/h6-12,30H,4-5,13-14H2,1-3H3,(H3,28,29). The van der Waals surface area contributed by atoms with Gasteiger partial charge in [0.25, 0.3) is 5.91 Å². The molecule has 0 fully saturated rings. The maximum atomic E-state index is 13.6. The first-order valence-electron chi connectivity index (χ1n) is 10.8. The quantitative estimate of drug-likeness (QED) is 0.328. The Labute approximate surface area is 195 Å². The summed E-state index contributed by atoms with van der Waals surface area (Å²) in [7, 11) is 1.27. The van der Waals surface area contributed by atoms with Gasteiger partial charge in [-0.3, -0.25) is 20.0 Å². The van der Waals surface area contributed by atoms with Gasteiger partial charge in [-0.1, -0.05) is 38.1 Å². The van der Waals surface area contributed by atoms with Crippen LogP contribution in [-0.2, 0) is 19.3 Å². The lowest BCUT2D eigenvalue weighted by molar-refractivity contribution is -0.136. The number of hydrogen-bond donors (Lipinski definition) is 3. The van der Waals surface area contributed by atoms with E-state index in [1.165, 1.54) is 13.1 Å². The van der Waals surface area contributed by atoms with Crippen LogP contribution in [0.15, 0.2) is 42.5 Å². The van der Waals surface area contributed by atoms with Crippen molar-refractivity contribution in [2.24, 2.45) is 5.73 Å². The number of nitrogens with two attached hydrogens (primary N) is 1. The van der Waals surface area contributed by atoms with Gasteiger partial charge in [-0.05, 0) is 42.4 Å². The minimum absolute atomic E-state index is 0.0504. The summed E-state index contributed by atoms with van der Waals surface area (Å²) in [6.45, 7) is 6.96. The predicted molar refractivity (Wildman–Crippen MR) is 125 cm³/mol. The number of benzene rings is 2. The van der Waals surface area contributed by atoms with Gasteiger partial charge in [-0.25, -0.2) is 0 Å². The number of aromatic amines is 1. The molecular formula is C24H28F3N5O2. The van der Waals surface area contributed by atoms with E-state index in [1.807, 2.05) is 24.3 Å². The van der Waals surface area contributed by atoms with Crippen molar-refractivity contribution in [3.63, 3.8) is 0 Å². The van der Waals surface area contributed by atoms with Crippen LogP contribution in [0.25, 0.3) is 10.9 Å². The second kappa shape index (κ2) is 10.2. The number of carbonyl (C=O) groups is 1. The number of guanidine groups is 1. The molecule has 4 N–H and O–H groups in total. The molecule has 3 aromatic rings. The van der Waals surface area contributed by atoms with Crippen LogP contribution in [0.1, 0.15) is 41.0 Å². The van der Waals surface area contributed by atoms with Crippen molar-refractivity contribution in [3.8, 4) is 5.75 Å². The fraction of sp³-hybridized carbons (Fsp3) is 0.333. The highest BCUT2D eigenvalue weighted by molar-refractivity contribution is 6.06. The van der Waals surface area contributed by atoms with Crippen LogP contribution in [0.3, 0.4) is 0 Å². The SMILES string of the molecule is CCN(CC)Cc1cccc(COc2ccc(C(F)(F)F)c3cc(C(=O)N(C)C(=N)N)[nH]c23)c1. The molecule has 10 heteroatoms. The van der Waals surface area contributed by atoms with Gasteiger partial charge in [-0.2, -0.15) is 13.2 Å². The molecule has 0 unspecified atom stereocenters. The molecule has 34 heavy (non-hydrogen) atoms. The van der Waals surface area contributed by atoms with Crippen LogP contribution >= 0.6 is 0 Å². The molecule has 0 aliphatic rings. The van der Waals surface area contributed by atoms with Gasteiger partial charge in [0.1, 0.15) is 18.1 Å².